The number of nitrogens with zero attached hydrogens (tertiary/aromatic N) is 1. The third kappa shape index (κ3) is 7.68. The molecule has 1 unspecified atom stereocenters. The molecule has 0 aliphatic heterocycles. The zero-order valence-electron chi connectivity index (χ0n) is 18.5. The molecule has 0 aromatic heterocycles. The molecule has 8 heteroatoms. The summed E-state index contributed by atoms with van der Waals surface area (Å²) in [5, 5.41) is 3.79. The van der Waals surface area contributed by atoms with Crippen molar-refractivity contribution in [3.8, 4) is 0 Å². The Balaban J connectivity index is 2.17. The van der Waals surface area contributed by atoms with Crippen LogP contribution in [-0.4, -0.2) is 35.1 Å². The molecule has 0 radical (unpaired) electrons. The van der Waals surface area contributed by atoms with Crippen LogP contribution in [-0.2, 0) is 21.9 Å². The number of carbonyl (C=O) groups is 2. The number of halogens is 3. The maximum absolute atomic E-state index is 14.0. The third-order valence-electron chi connectivity index (χ3n) is 4.90. The van der Waals surface area contributed by atoms with Crippen LogP contribution in [0.3, 0.4) is 0 Å². The lowest BCUT2D eigenvalue weighted by molar-refractivity contribution is -0.139. The quantitative estimate of drug-likeness (QED) is 0.416. The predicted octanol–water partition coefficient (Wildman–Crippen LogP) is 5.95. The summed E-state index contributed by atoms with van der Waals surface area (Å²) in [6.07, 6.45) is 0.462. The van der Waals surface area contributed by atoms with Crippen molar-refractivity contribution in [3.05, 3.63) is 69.5 Å². The smallest absolute Gasteiger partial charge is 0.242 e. The fraction of sp³-hybridized carbons (Fsp3) is 0.417. The zero-order chi connectivity index (χ0) is 23.7. The number of carbonyl (C=O) groups excluding carboxylic acids is 2. The average molecular weight is 499 g/mol. The lowest BCUT2D eigenvalue weighted by Gasteiger charge is -2.31. The number of hydrogen-bond acceptors (Lipinski definition) is 3. The van der Waals surface area contributed by atoms with Gasteiger partial charge in [-0.25, -0.2) is 4.39 Å². The normalized spacial score (nSPS) is 12.0. The lowest BCUT2D eigenvalue weighted by Crippen LogP contribution is -2.50. The Hall–Kier alpha value is -1.76. The minimum atomic E-state index is -0.629. The number of nitrogens with one attached hydrogen (secondary N) is 1. The van der Waals surface area contributed by atoms with Crippen LogP contribution < -0.4 is 5.32 Å². The van der Waals surface area contributed by atoms with Gasteiger partial charge >= 0.3 is 0 Å². The van der Waals surface area contributed by atoms with Gasteiger partial charge in [0.2, 0.25) is 11.8 Å². The summed E-state index contributed by atoms with van der Waals surface area (Å²) in [4.78, 5) is 27.7. The van der Waals surface area contributed by atoms with E-state index in [1.165, 1.54) is 17.8 Å². The van der Waals surface area contributed by atoms with Gasteiger partial charge in [-0.05, 0) is 36.1 Å². The van der Waals surface area contributed by atoms with Crippen molar-refractivity contribution in [1.82, 2.24) is 10.2 Å². The second kappa shape index (κ2) is 13.1. The van der Waals surface area contributed by atoms with Crippen molar-refractivity contribution in [2.24, 2.45) is 5.92 Å². The minimum Gasteiger partial charge on any atom is -0.354 e. The molecule has 1 N–H and O–H groups in total. The number of rotatable bonds is 11. The maximum atomic E-state index is 14.0. The second-order valence-electron chi connectivity index (χ2n) is 7.87. The summed E-state index contributed by atoms with van der Waals surface area (Å²) in [6.45, 7) is 6.65. The lowest BCUT2D eigenvalue weighted by atomic mass is 10.1. The molecule has 2 aromatic carbocycles. The van der Waals surface area contributed by atoms with Crippen LogP contribution in [0, 0.1) is 11.7 Å². The third-order valence-corrected chi connectivity index (χ3v) is 6.57. The van der Waals surface area contributed by atoms with Gasteiger partial charge in [-0.3, -0.25) is 9.59 Å². The first kappa shape index (κ1) is 26.5. The Kier molecular flexibility index (Phi) is 10.8. The van der Waals surface area contributed by atoms with Gasteiger partial charge in [0, 0.05) is 34.5 Å². The average Bonchev–Trinajstić information content (AvgIpc) is 2.75. The molecule has 0 aliphatic carbocycles. The Morgan fingerprint density at radius 1 is 1.09 bits per heavy atom. The van der Waals surface area contributed by atoms with Gasteiger partial charge in [0.05, 0.1) is 5.75 Å². The number of benzene rings is 2. The summed E-state index contributed by atoms with van der Waals surface area (Å²) >= 11 is 13.7. The highest BCUT2D eigenvalue weighted by molar-refractivity contribution is 7.99. The molecule has 0 spiro atoms. The van der Waals surface area contributed by atoms with Gasteiger partial charge in [0.25, 0.3) is 0 Å². The van der Waals surface area contributed by atoms with Crippen LogP contribution in [0.4, 0.5) is 4.39 Å². The molecule has 0 aliphatic rings. The second-order valence-corrected chi connectivity index (χ2v) is 9.67. The molecule has 1 atom stereocenters. The monoisotopic (exact) mass is 498 g/mol. The first-order valence-corrected chi connectivity index (χ1v) is 12.5. The summed E-state index contributed by atoms with van der Waals surface area (Å²) in [5.74, 6) is -0.163. The summed E-state index contributed by atoms with van der Waals surface area (Å²) < 4.78 is 14.0. The van der Waals surface area contributed by atoms with E-state index in [9.17, 15) is 14.0 Å². The van der Waals surface area contributed by atoms with Gasteiger partial charge in [-0.2, -0.15) is 0 Å². The molecule has 0 bridgehead atoms. The van der Waals surface area contributed by atoms with E-state index in [0.29, 0.717) is 34.5 Å². The number of amides is 2. The van der Waals surface area contributed by atoms with Crippen molar-refractivity contribution >= 4 is 46.8 Å². The van der Waals surface area contributed by atoms with Gasteiger partial charge < -0.3 is 10.2 Å². The van der Waals surface area contributed by atoms with E-state index in [0.717, 1.165) is 5.56 Å². The van der Waals surface area contributed by atoms with E-state index < -0.39 is 11.9 Å². The molecule has 2 aromatic rings. The van der Waals surface area contributed by atoms with Crippen molar-refractivity contribution in [2.45, 2.75) is 45.5 Å². The summed E-state index contributed by atoms with van der Waals surface area (Å²) in [6, 6.07) is 11.1. The molecule has 0 saturated carbocycles. The Labute approximate surface area is 203 Å². The van der Waals surface area contributed by atoms with E-state index in [1.807, 2.05) is 39.0 Å². The fourth-order valence-corrected chi connectivity index (χ4v) is 4.59. The van der Waals surface area contributed by atoms with E-state index in [2.05, 4.69) is 5.32 Å². The molecule has 174 valence electrons. The summed E-state index contributed by atoms with van der Waals surface area (Å²) in [5.41, 5.74) is 1.13. The van der Waals surface area contributed by atoms with Crippen LogP contribution in [0.15, 0.2) is 42.5 Å². The molecule has 2 rings (SSSR count). The van der Waals surface area contributed by atoms with Crippen LogP contribution in [0.5, 0.6) is 0 Å². The number of hydrogen-bond donors (Lipinski definition) is 1. The first-order valence-electron chi connectivity index (χ1n) is 10.6. The van der Waals surface area contributed by atoms with Gasteiger partial charge in [-0.1, -0.05) is 68.2 Å². The van der Waals surface area contributed by atoms with Crippen molar-refractivity contribution in [2.75, 3.05) is 12.3 Å². The van der Waals surface area contributed by atoms with Crippen LogP contribution >= 0.6 is 35.0 Å². The van der Waals surface area contributed by atoms with Crippen molar-refractivity contribution < 1.29 is 14.0 Å². The molecule has 4 nitrogen and oxygen atoms in total. The molecule has 0 fully saturated rings. The molecule has 0 heterocycles. The van der Waals surface area contributed by atoms with Gasteiger partial charge in [0.15, 0.2) is 0 Å². The van der Waals surface area contributed by atoms with E-state index in [-0.39, 0.29) is 29.9 Å². The predicted molar refractivity (Wildman–Crippen MR) is 132 cm³/mol. The molecular formula is C24H29Cl2FN2O2S. The molecule has 32 heavy (non-hydrogen) atoms. The van der Waals surface area contributed by atoms with Gasteiger partial charge in [0.1, 0.15) is 11.9 Å². The SMILES string of the molecule is CCC(C(=O)NCC(C)C)N(Cc1ccccc1Cl)C(=O)CSCc1c(F)cccc1Cl. The Morgan fingerprint density at radius 2 is 1.78 bits per heavy atom. The molecular weight excluding hydrogens is 470 g/mol. The largest absolute Gasteiger partial charge is 0.354 e. The highest BCUT2D eigenvalue weighted by atomic mass is 35.5. The Bertz CT molecular complexity index is 906. The van der Waals surface area contributed by atoms with Crippen molar-refractivity contribution in [1.29, 1.82) is 0 Å². The van der Waals surface area contributed by atoms with Crippen LogP contribution in [0.1, 0.15) is 38.3 Å². The highest BCUT2D eigenvalue weighted by Gasteiger charge is 2.29. The molecule has 2 amide bonds. The topological polar surface area (TPSA) is 49.4 Å². The van der Waals surface area contributed by atoms with Crippen LogP contribution in [0.25, 0.3) is 0 Å². The minimum absolute atomic E-state index is 0.0864. The fourth-order valence-electron chi connectivity index (χ4n) is 3.15. The van der Waals surface area contributed by atoms with E-state index >= 15 is 0 Å². The van der Waals surface area contributed by atoms with Crippen molar-refractivity contribution in [3.63, 3.8) is 0 Å². The van der Waals surface area contributed by atoms with E-state index in [1.54, 1.807) is 23.1 Å². The standard InChI is InChI=1S/C24H29Cl2FN2O2S/c1-4-22(24(31)28-12-16(2)3)29(13-17-8-5-6-9-19(17)25)23(30)15-32-14-18-20(26)10-7-11-21(18)27/h5-11,16,22H,4,12-15H2,1-3H3,(H,28,31). The van der Waals surface area contributed by atoms with Crippen LogP contribution in [0.2, 0.25) is 10.0 Å². The van der Waals surface area contributed by atoms with Gasteiger partial charge in [-0.15, -0.1) is 11.8 Å². The number of thioether (sulfide) groups is 1. The first-order chi connectivity index (χ1) is 15.2. The summed E-state index contributed by atoms with van der Waals surface area (Å²) in [7, 11) is 0. The van der Waals surface area contributed by atoms with E-state index in [4.69, 9.17) is 23.2 Å². The maximum Gasteiger partial charge on any atom is 0.242 e. The zero-order valence-corrected chi connectivity index (χ0v) is 20.9. The highest BCUT2D eigenvalue weighted by Crippen LogP contribution is 2.25. The Morgan fingerprint density at radius 3 is 2.41 bits per heavy atom. The molecule has 0 saturated heterocycles.